The van der Waals surface area contributed by atoms with Gasteiger partial charge in [0.15, 0.2) is 12.4 Å². The fourth-order valence-electron chi connectivity index (χ4n) is 8.33. The van der Waals surface area contributed by atoms with Crippen molar-refractivity contribution >= 4 is 43.9 Å². The molecule has 0 saturated carbocycles. The van der Waals surface area contributed by atoms with Gasteiger partial charge in [0.2, 0.25) is 23.1 Å². The Morgan fingerprint density at radius 3 is 2.50 bits per heavy atom. The minimum atomic E-state index is 0.0848. The average molecular weight is 567 g/mol. The van der Waals surface area contributed by atoms with Gasteiger partial charge in [-0.05, 0) is 62.2 Å². The Labute approximate surface area is 255 Å². The Morgan fingerprint density at radius 2 is 1.57 bits per heavy atom. The molecule has 8 aromatic rings. The summed E-state index contributed by atoms with van der Waals surface area (Å²) in [7, 11) is 0. The molecule has 0 aliphatic carbocycles. The van der Waals surface area contributed by atoms with Crippen LogP contribution in [0.2, 0.25) is 0 Å². The summed E-state index contributed by atoms with van der Waals surface area (Å²) in [5.74, 6) is 0.261. The van der Waals surface area contributed by atoms with E-state index in [1.165, 1.54) is 60.5 Å². The van der Waals surface area contributed by atoms with Crippen LogP contribution in [0, 0.1) is 6.92 Å². The number of aromatic nitrogens is 4. The molecule has 2 unspecified atom stereocenters. The van der Waals surface area contributed by atoms with E-state index in [2.05, 4.69) is 136 Å². The molecule has 0 amide bonds. The molecule has 208 valence electrons. The summed E-state index contributed by atoms with van der Waals surface area (Å²) in [5.41, 5.74) is 13.3. The third-order valence-corrected chi connectivity index (χ3v) is 10.2. The molecule has 4 heteroatoms. The summed E-state index contributed by atoms with van der Waals surface area (Å²) in [6.07, 6.45) is 6.35. The average Bonchev–Trinajstić information content (AvgIpc) is 3.59. The molecular formula is C40H30N4+2. The topological polar surface area (TPSA) is 25.1 Å². The summed E-state index contributed by atoms with van der Waals surface area (Å²) in [4.78, 5) is 5.60. The Kier molecular flexibility index (Phi) is 4.72. The van der Waals surface area contributed by atoms with Gasteiger partial charge in [-0.2, -0.15) is 9.13 Å². The van der Waals surface area contributed by atoms with Crippen LogP contribution in [0.25, 0.3) is 66.4 Å². The van der Waals surface area contributed by atoms with Gasteiger partial charge in [0.1, 0.15) is 5.65 Å². The van der Waals surface area contributed by atoms with Crippen LogP contribution < -0.4 is 9.13 Å². The largest absolute Gasteiger partial charge is 0.293 e. The molecule has 0 spiro atoms. The molecule has 0 bridgehead atoms. The molecular weight excluding hydrogens is 536 g/mol. The standard InChI is InChI=1S/C40H30N4/c1-24-17-20-36-33-22-32-30-14-9-13-29-28-12-5-6-16-37(28)44(39(29)30)40(32)41-34(33)19-18-31-26-10-3-4-11-27(26)35-15-7-8-21-42(35)38(31)25(2)43(36)23-24/h3-17,20-23,31,38H,2,18-19H2,1H3/q+2. The van der Waals surface area contributed by atoms with E-state index in [1.54, 1.807) is 0 Å². The molecule has 2 aliphatic rings. The monoisotopic (exact) mass is 566 g/mol. The maximum absolute atomic E-state index is 5.60. The molecule has 3 aromatic carbocycles. The zero-order valence-corrected chi connectivity index (χ0v) is 24.5. The van der Waals surface area contributed by atoms with Crippen LogP contribution in [0.15, 0.2) is 122 Å². The minimum Gasteiger partial charge on any atom is -0.293 e. The molecule has 10 rings (SSSR count). The highest BCUT2D eigenvalue weighted by Gasteiger charge is 2.46. The van der Waals surface area contributed by atoms with Crippen molar-refractivity contribution in [3.05, 3.63) is 139 Å². The van der Waals surface area contributed by atoms with Gasteiger partial charge in [-0.25, -0.2) is 4.98 Å². The summed E-state index contributed by atoms with van der Waals surface area (Å²) < 4.78 is 7.21. The third kappa shape index (κ3) is 3.05. The Bertz CT molecular complexity index is 2500. The van der Waals surface area contributed by atoms with Crippen molar-refractivity contribution in [2.45, 2.75) is 31.7 Å². The first-order valence-corrected chi connectivity index (χ1v) is 15.6. The summed E-state index contributed by atoms with van der Waals surface area (Å²) in [5, 5.41) is 5.03. The van der Waals surface area contributed by atoms with E-state index < -0.39 is 0 Å². The van der Waals surface area contributed by atoms with Crippen molar-refractivity contribution in [2.24, 2.45) is 0 Å². The fourth-order valence-corrected chi connectivity index (χ4v) is 8.33. The second-order valence-electron chi connectivity index (χ2n) is 12.5. The van der Waals surface area contributed by atoms with Crippen LogP contribution >= 0.6 is 0 Å². The van der Waals surface area contributed by atoms with Crippen LogP contribution in [0.5, 0.6) is 0 Å². The number of benzene rings is 3. The lowest BCUT2D eigenvalue weighted by Gasteiger charge is -2.29. The minimum absolute atomic E-state index is 0.0848. The number of nitrogens with zero attached hydrogens (tertiary/aromatic N) is 4. The molecule has 0 N–H and O–H groups in total. The van der Waals surface area contributed by atoms with E-state index in [-0.39, 0.29) is 12.0 Å². The SMILES string of the molecule is C=C1C2C(CCc3nc4c(cc3-c3ccc(C)c[n+]31)c1cccc3c5ccccc5n4c31)c1ccccc1-c1cccc[n+]12. The van der Waals surface area contributed by atoms with Gasteiger partial charge in [0.25, 0.3) is 0 Å². The number of hydrogen-bond acceptors (Lipinski definition) is 1. The fraction of sp³-hybridized carbons (Fsp3) is 0.125. The quantitative estimate of drug-likeness (QED) is 0.170. The Morgan fingerprint density at radius 1 is 0.773 bits per heavy atom. The lowest BCUT2D eigenvalue weighted by Crippen LogP contribution is -2.53. The predicted octanol–water partition coefficient (Wildman–Crippen LogP) is 8.20. The number of para-hydroxylation sites is 2. The second-order valence-corrected chi connectivity index (χ2v) is 12.5. The van der Waals surface area contributed by atoms with Crippen LogP contribution in [0.4, 0.5) is 0 Å². The van der Waals surface area contributed by atoms with Crippen molar-refractivity contribution in [3.63, 3.8) is 0 Å². The van der Waals surface area contributed by atoms with Gasteiger partial charge in [-0.15, -0.1) is 0 Å². The van der Waals surface area contributed by atoms with Crippen molar-refractivity contribution in [1.82, 2.24) is 9.38 Å². The lowest BCUT2D eigenvalue weighted by atomic mass is 9.79. The Balaban J connectivity index is 1.29. The first kappa shape index (κ1) is 24.1. The maximum Gasteiger partial charge on any atom is 0.249 e. The molecule has 5 aromatic heterocycles. The summed E-state index contributed by atoms with van der Waals surface area (Å²) in [6.45, 7) is 7.02. The molecule has 7 heterocycles. The van der Waals surface area contributed by atoms with E-state index in [0.29, 0.717) is 0 Å². The van der Waals surface area contributed by atoms with Crippen LogP contribution in [-0.2, 0) is 6.42 Å². The summed E-state index contributed by atoms with van der Waals surface area (Å²) in [6, 6.07) is 37.9. The molecule has 0 fully saturated rings. The predicted molar refractivity (Wildman–Crippen MR) is 177 cm³/mol. The number of hydrogen-bond donors (Lipinski definition) is 0. The normalized spacial score (nSPS) is 17.5. The van der Waals surface area contributed by atoms with Crippen LogP contribution in [0.1, 0.15) is 35.2 Å². The number of pyridine rings is 3. The number of aryl methyl sites for hydroxylation is 2. The summed E-state index contributed by atoms with van der Waals surface area (Å²) >= 11 is 0. The van der Waals surface area contributed by atoms with E-state index in [0.717, 1.165) is 35.6 Å². The lowest BCUT2D eigenvalue weighted by molar-refractivity contribution is -0.727. The van der Waals surface area contributed by atoms with E-state index >= 15 is 0 Å². The van der Waals surface area contributed by atoms with Crippen molar-refractivity contribution in [1.29, 1.82) is 0 Å². The van der Waals surface area contributed by atoms with Crippen molar-refractivity contribution in [3.8, 4) is 22.5 Å². The van der Waals surface area contributed by atoms with Gasteiger partial charge in [-0.3, -0.25) is 4.40 Å². The third-order valence-electron chi connectivity index (χ3n) is 10.2. The molecule has 2 aliphatic heterocycles. The molecule has 0 saturated heterocycles. The zero-order valence-electron chi connectivity index (χ0n) is 24.5. The van der Waals surface area contributed by atoms with Crippen LogP contribution in [0.3, 0.4) is 0 Å². The maximum atomic E-state index is 5.60. The van der Waals surface area contributed by atoms with Crippen molar-refractivity contribution in [2.75, 3.05) is 0 Å². The highest BCUT2D eigenvalue weighted by molar-refractivity contribution is 6.22. The molecule has 44 heavy (non-hydrogen) atoms. The number of rotatable bonds is 0. The van der Waals surface area contributed by atoms with E-state index in [4.69, 9.17) is 11.6 Å². The van der Waals surface area contributed by atoms with Crippen LogP contribution in [-0.4, -0.2) is 9.38 Å². The van der Waals surface area contributed by atoms with Gasteiger partial charge in [0.05, 0.1) is 28.2 Å². The first-order valence-electron chi connectivity index (χ1n) is 15.6. The molecule has 4 nitrogen and oxygen atoms in total. The number of fused-ring (bicyclic) bond motifs is 15. The second kappa shape index (κ2) is 8.61. The highest BCUT2D eigenvalue weighted by Crippen LogP contribution is 2.46. The van der Waals surface area contributed by atoms with Gasteiger partial charge < -0.3 is 0 Å². The van der Waals surface area contributed by atoms with Gasteiger partial charge in [0, 0.05) is 50.9 Å². The van der Waals surface area contributed by atoms with Gasteiger partial charge >= 0.3 is 0 Å². The number of allylic oxidation sites excluding steroid dienone is 1. The molecule has 0 radical (unpaired) electrons. The zero-order chi connectivity index (χ0) is 29.1. The van der Waals surface area contributed by atoms with E-state index in [1.807, 2.05) is 0 Å². The smallest absolute Gasteiger partial charge is 0.249 e. The van der Waals surface area contributed by atoms with Crippen molar-refractivity contribution < 1.29 is 9.13 Å². The highest BCUT2D eigenvalue weighted by atomic mass is 15.1. The Hall–Kier alpha value is -5.35. The first-order chi connectivity index (χ1) is 21.7. The van der Waals surface area contributed by atoms with E-state index in [9.17, 15) is 0 Å². The molecule has 2 atom stereocenters. The van der Waals surface area contributed by atoms with Gasteiger partial charge in [-0.1, -0.05) is 54.6 Å².